The lowest BCUT2D eigenvalue weighted by atomic mass is 9.80. The van der Waals surface area contributed by atoms with Crippen molar-refractivity contribution < 1.29 is 27.4 Å². The van der Waals surface area contributed by atoms with Gasteiger partial charge in [0.15, 0.2) is 5.69 Å². The summed E-state index contributed by atoms with van der Waals surface area (Å²) in [5.41, 5.74) is 2.15. The molecule has 2 aromatic carbocycles. The Labute approximate surface area is 226 Å². The number of esters is 1. The van der Waals surface area contributed by atoms with Gasteiger partial charge in [0.1, 0.15) is 11.4 Å². The number of carbonyl (C=O) groups excluding carboxylic acids is 1. The number of methoxy groups -OCH3 is 1. The lowest BCUT2D eigenvalue weighted by molar-refractivity contribution is -0.146. The highest BCUT2D eigenvalue weighted by Crippen LogP contribution is 2.49. The molecule has 3 aromatic rings. The van der Waals surface area contributed by atoms with Gasteiger partial charge < -0.3 is 14.4 Å². The molecule has 3 aliphatic rings. The molecule has 208 valence electrons. The maximum absolute atomic E-state index is 13.8. The quantitative estimate of drug-likeness (QED) is 0.357. The van der Waals surface area contributed by atoms with Crippen molar-refractivity contribution >= 4 is 22.6 Å². The fraction of sp³-hybridized carbons (Fsp3) is 0.533. The minimum atomic E-state index is -4.52. The average Bonchev–Trinajstić information content (AvgIpc) is 3.69. The third-order valence-electron chi connectivity index (χ3n) is 9.03. The van der Waals surface area contributed by atoms with E-state index in [1.807, 2.05) is 11.8 Å². The van der Waals surface area contributed by atoms with Crippen LogP contribution in [0.25, 0.3) is 10.9 Å². The molecule has 0 N–H and O–H groups in total. The van der Waals surface area contributed by atoms with E-state index < -0.39 is 11.9 Å². The zero-order valence-electron chi connectivity index (χ0n) is 22.6. The summed E-state index contributed by atoms with van der Waals surface area (Å²) in [5, 5.41) is 3.96. The standard InChI is InChI=1S/C30H34F3N3O3/c1-18(28(37)38-3)25(20-8-9-20)21-10-7-19-11-12-29(39-24(19)17-21)13-15-36(16-14-29)23-6-4-5-22-26(23)27(30(31,32)33)34-35(22)2/h4-7,10,17-18,20,25H,8-9,11-16H2,1-3H3/t18-,25+/m1/s1. The summed E-state index contributed by atoms with van der Waals surface area (Å²) in [4.78, 5) is 14.4. The minimum Gasteiger partial charge on any atom is -0.487 e. The van der Waals surface area contributed by atoms with Gasteiger partial charge in [-0.1, -0.05) is 25.1 Å². The third-order valence-corrected chi connectivity index (χ3v) is 9.03. The monoisotopic (exact) mass is 541 g/mol. The van der Waals surface area contributed by atoms with Crippen LogP contribution in [0, 0.1) is 11.8 Å². The van der Waals surface area contributed by atoms with E-state index in [0.29, 0.717) is 30.2 Å². The first-order valence-corrected chi connectivity index (χ1v) is 13.8. The Balaban J connectivity index is 1.23. The number of halogens is 3. The van der Waals surface area contributed by atoms with Crippen molar-refractivity contribution in [1.82, 2.24) is 9.78 Å². The number of aromatic nitrogens is 2. The first-order chi connectivity index (χ1) is 18.6. The molecular formula is C30H34F3N3O3. The van der Waals surface area contributed by atoms with Crippen molar-refractivity contribution in [2.45, 2.75) is 63.1 Å². The number of ether oxygens (including phenoxy) is 2. The highest BCUT2D eigenvalue weighted by atomic mass is 19.4. The smallest absolute Gasteiger partial charge is 0.435 e. The molecular weight excluding hydrogens is 507 g/mol. The highest BCUT2D eigenvalue weighted by molar-refractivity contribution is 5.95. The molecule has 1 saturated carbocycles. The average molecular weight is 542 g/mol. The highest BCUT2D eigenvalue weighted by Gasteiger charge is 2.43. The van der Waals surface area contributed by atoms with Gasteiger partial charge in [-0.15, -0.1) is 0 Å². The Bertz CT molecular complexity index is 1400. The van der Waals surface area contributed by atoms with Crippen LogP contribution in [0.1, 0.15) is 61.8 Å². The molecule has 1 saturated heterocycles. The number of anilines is 1. The first kappa shape index (κ1) is 26.0. The number of fused-ring (bicyclic) bond motifs is 2. The maximum Gasteiger partial charge on any atom is 0.435 e. The fourth-order valence-corrected chi connectivity index (χ4v) is 6.75. The van der Waals surface area contributed by atoms with Gasteiger partial charge in [0.05, 0.1) is 23.9 Å². The Morgan fingerprint density at radius 1 is 1.15 bits per heavy atom. The van der Waals surface area contributed by atoms with Crippen molar-refractivity contribution in [3.63, 3.8) is 0 Å². The second-order valence-corrected chi connectivity index (χ2v) is 11.5. The van der Waals surface area contributed by atoms with Crippen molar-refractivity contribution in [2.24, 2.45) is 18.9 Å². The molecule has 2 atom stereocenters. The second-order valence-electron chi connectivity index (χ2n) is 11.5. The van der Waals surface area contributed by atoms with E-state index >= 15 is 0 Å². The number of rotatable bonds is 5. The van der Waals surface area contributed by atoms with Gasteiger partial charge in [0.25, 0.3) is 0 Å². The minimum absolute atomic E-state index is 0.105. The van der Waals surface area contributed by atoms with Crippen molar-refractivity contribution in [3.05, 3.63) is 53.2 Å². The van der Waals surface area contributed by atoms with E-state index in [9.17, 15) is 18.0 Å². The van der Waals surface area contributed by atoms with E-state index in [4.69, 9.17) is 9.47 Å². The largest absolute Gasteiger partial charge is 0.487 e. The fourth-order valence-electron chi connectivity index (χ4n) is 6.75. The van der Waals surface area contributed by atoms with Crippen LogP contribution < -0.4 is 9.64 Å². The number of aryl methyl sites for hydroxylation is 2. The maximum atomic E-state index is 13.8. The lowest BCUT2D eigenvalue weighted by Gasteiger charge is -2.45. The first-order valence-electron chi connectivity index (χ1n) is 13.8. The number of benzene rings is 2. The van der Waals surface area contributed by atoms with E-state index in [1.165, 1.54) is 17.4 Å². The van der Waals surface area contributed by atoms with E-state index in [1.54, 1.807) is 25.2 Å². The molecule has 6 nitrogen and oxygen atoms in total. The normalized spacial score (nSPS) is 20.4. The van der Waals surface area contributed by atoms with E-state index in [-0.39, 0.29) is 28.8 Å². The van der Waals surface area contributed by atoms with Crippen LogP contribution in [-0.4, -0.2) is 41.6 Å². The van der Waals surface area contributed by atoms with E-state index in [2.05, 4.69) is 23.3 Å². The molecule has 1 aliphatic carbocycles. The molecule has 9 heteroatoms. The van der Waals surface area contributed by atoms with Gasteiger partial charge in [-0.3, -0.25) is 9.48 Å². The summed E-state index contributed by atoms with van der Waals surface area (Å²) in [7, 11) is 2.99. The summed E-state index contributed by atoms with van der Waals surface area (Å²) in [6.07, 6.45) is 0.922. The molecule has 0 unspecified atom stereocenters. The van der Waals surface area contributed by atoms with E-state index in [0.717, 1.165) is 49.8 Å². The molecule has 6 rings (SSSR count). The zero-order valence-corrected chi connectivity index (χ0v) is 22.6. The molecule has 2 fully saturated rings. The van der Waals surface area contributed by atoms with Crippen molar-refractivity contribution in [2.75, 3.05) is 25.1 Å². The van der Waals surface area contributed by atoms with Crippen LogP contribution in [0.2, 0.25) is 0 Å². The van der Waals surface area contributed by atoms with Gasteiger partial charge in [-0.2, -0.15) is 18.3 Å². The molecule has 39 heavy (non-hydrogen) atoms. The number of carbonyl (C=O) groups is 1. The Hall–Kier alpha value is -3.23. The van der Waals surface area contributed by atoms with Crippen molar-refractivity contribution in [1.29, 1.82) is 0 Å². The van der Waals surface area contributed by atoms with Gasteiger partial charge in [0, 0.05) is 38.7 Å². The number of alkyl halides is 3. The SMILES string of the molecule is COC(=O)[C@H](C)[C@H](c1ccc2c(c1)OC1(CC2)CCN(c2cccc3c2c(C(F)(F)F)nn3C)CC1)C1CC1. The lowest BCUT2D eigenvalue weighted by Crippen LogP contribution is -2.50. The molecule has 3 heterocycles. The van der Waals surface area contributed by atoms with Gasteiger partial charge in [-0.05, 0) is 66.8 Å². The van der Waals surface area contributed by atoms with Crippen LogP contribution in [0.3, 0.4) is 0 Å². The Morgan fingerprint density at radius 3 is 2.56 bits per heavy atom. The summed E-state index contributed by atoms with van der Waals surface area (Å²) in [5.74, 6) is 1.05. The predicted octanol–water partition coefficient (Wildman–Crippen LogP) is 6.26. The van der Waals surface area contributed by atoms with Gasteiger partial charge >= 0.3 is 12.1 Å². The second kappa shape index (κ2) is 9.45. The predicted molar refractivity (Wildman–Crippen MR) is 142 cm³/mol. The van der Waals surface area contributed by atoms with Crippen LogP contribution in [0.15, 0.2) is 36.4 Å². The summed E-state index contributed by atoms with van der Waals surface area (Å²) < 4.78 is 54.6. The van der Waals surface area contributed by atoms with Gasteiger partial charge in [0.2, 0.25) is 0 Å². The summed E-state index contributed by atoms with van der Waals surface area (Å²) >= 11 is 0. The van der Waals surface area contributed by atoms with Crippen molar-refractivity contribution in [3.8, 4) is 5.75 Å². The molecule has 0 bridgehead atoms. The third kappa shape index (κ3) is 4.63. The molecule has 1 spiro atoms. The van der Waals surface area contributed by atoms with Crippen LogP contribution in [0.4, 0.5) is 18.9 Å². The number of nitrogens with zero attached hydrogens (tertiary/aromatic N) is 3. The zero-order chi connectivity index (χ0) is 27.5. The van der Waals surface area contributed by atoms with Crippen LogP contribution in [0.5, 0.6) is 5.75 Å². The molecule has 2 aliphatic heterocycles. The summed E-state index contributed by atoms with van der Waals surface area (Å²) in [6, 6.07) is 11.6. The Morgan fingerprint density at radius 2 is 1.90 bits per heavy atom. The molecule has 0 radical (unpaired) electrons. The molecule has 1 aromatic heterocycles. The van der Waals surface area contributed by atoms with Crippen LogP contribution >= 0.6 is 0 Å². The van der Waals surface area contributed by atoms with Crippen LogP contribution in [-0.2, 0) is 29.2 Å². The number of hydrogen-bond acceptors (Lipinski definition) is 5. The topological polar surface area (TPSA) is 56.6 Å². The summed E-state index contributed by atoms with van der Waals surface area (Å²) in [6.45, 7) is 3.15. The molecule has 0 amide bonds. The number of piperidine rings is 1. The number of hydrogen-bond donors (Lipinski definition) is 0. The Kier molecular flexibility index (Phi) is 6.31. The van der Waals surface area contributed by atoms with Gasteiger partial charge in [-0.25, -0.2) is 0 Å².